The van der Waals surface area contributed by atoms with E-state index in [0.29, 0.717) is 0 Å². The number of carboxylic acids is 1. The SMILES string of the molecule is O=C(O)c1cc(C(=O)N2CC=C(C(F)(F)F)CC2)no1. The Morgan fingerprint density at radius 1 is 1.40 bits per heavy atom. The number of rotatable bonds is 2. The Morgan fingerprint density at radius 2 is 2.10 bits per heavy atom. The number of carboxylic acid groups (broad SMARTS) is 1. The van der Waals surface area contributed by atoms with Crippen molar-refractivity contribution >= 4 is 11.9 Å². The molecule has 20 heavy (non-hydrogen) atoms. The van der Waals surface area contributed by atoms with Gasteiger partial charge in [0.05, 0.1) is 0 Å². The molecule has 0 atom stereocenters. The van der Waals surface area contributed by atoms with Gasteiger partial charge in [-0.3, -0.25) is 4.79 Å². The minimum Gasteiger partial charge on any atom is -0.475 e. The monoisotopic (exact) mass is 290 g/mol. The first-order valence-electron chi connectivity index (χ1n) is 5.54. The molecule has 6 nitrogen and oxygen atoms in total. The van der Waals surface area contributed by atoms with Crippen LogP contribution in [0.2, 0.25) is 0 Å². The predicted octanol–water partition coefficient (Wildman–Crippen LogP) is 1.71. The van der Waals surface area contributed by atoms with E-state index >= 15 is 0 Å². The molecule has 1 aliphatic rings. The second kappa shape index (κ2) is 4.99. The predicted molar refractivity (Wildman–Crippen MR) is 58.1 cm³/mol. The standard InChI is InChI=1S/C11H9F3N2O4/c12-11(13,14)6-1-3-16(4-2-6)9(17)7-5-8(10(18)19)20-15-7/h1,5H,2-4H2,(H,18,19). The van der Waals surface area contributed by atoms with Crippen LogP contribution < -0.4 is 0 Å². The third-order valence-electron chi connectivity index (χ3n) is 2.80. The first kappa shape index (κ1) is 14.1. The highest BCUT2D eigenvalue weighted by atomic mass is 19.4. The lowest BCUT2D eigenvalue weighted by Gasteiger charge is -2.26. The van der Waals surface area contributed by atoms with Gasteiger partial charge < -0.3 is 14.5 Å². The van der Waals surface area contributed by atoms with Gasteiger partial charge in [-0.2, -0.15) is 13.2 Å². The van der Waals surface area contributed by atoms with Crippen LogP contribution in [-0.2, 0) is 0 Å². The first-order chi connectivity index (χ1) is 9.29. The number of carbonyl (C=O) groups is 2. The summed E-state index contributed by atoms with van der Waals surface area (Å²) in [5.41, 5.74) is -0.917. The Labute approximate surface area is 110 Å². The smallest absolute Gasteiger partial charge is 0.412 e. The van der Waals surface area contributed by atoms with Crippen LogP contribution in [0.25, 0.3) is 0 Å². The van der Waals surface area contributed by atoms with E-state index in [1.54, 1.807) is 0 Å². The number of nitrogens with zero attached hydrogens (tertiary/aromatic N) is 2. The summed E-state index contributed by atoms with van der Waals surface area (Å²) in [5, 5.41) is 11.9. The van der Waals surface area contributed by atoms with Crippen LogP contribution in [0.4, 0.5) is 13.2 Å². The van der Waals surface area contributed by atoms with Crippen molar-refractivity contribution in [1.82, 2.24) is 10.1 Å². The van der Waals surface area contributed by atoms with Gasteiger partial charge in [-0.15, -0.1) is 0 Å². The summed E-state index contributed by atoms with van der Waals surface area (Å²) in [5.74, 6) is -2.55. The average molecular weight is 290 g/mol. The van der Waals surface area contributed by atoms with Crippen molar-refractivity contribution in [3.63, 3.8) is 0 Å². The highest BCUT2D eigenvalue weighted by Gasteiger charge is 2.36. The number of halogens is 3. The van der Waals surface area contributed by atoms with Gasteiger partial charge >= 0.3 is 12.1 Å². The summed E-state index contributed by atoms with van der Waals surface area (Å²) in [4.78, 5) is 23.6. The van der Waals surface area contributed by atoms with E-state index in [1.807, 2.05) is 0 Å². The molecule has 2 rings (SSSR count). The molecule has 1 aliphatic heterocycles. The number of amides is 1. The molecule has 0 saturated carbocycles. The van der Waals surface area contributed by atoms with E-state index in [0.717, 1.165) is 17.0 Å². The molecule has 0 bridgehead atoms. The van der Waals surface area contributed by atoms with E-state index in [2.05, 4.69) is 9.68 Å². The summed E-state index contributed by atoms with van der Waals surface area (Å²) in [6, 6.07) is 0.938. The number of aromatic carboxylic acids is 1. The molecule has 0 saturated heterocycles. The molecule has 108 valence electrons. The second-order valence-corrected chi connectivity index (χ2v) is 4.11. The maximum absolute atomic E-state index is 12.4. The fourth-order valence-electron chi connectivity index (χ4n) is 1.75. The number of hydrogen-bond donors (Lipinski definition) is 1. The topological polar surface area (TPSA) is 83.6 Å². The molecule has 9 heteroatoms. The van der Waals surface area contributed by atoms with Crippen LogP contribution >= 0.6 is 0 Å². The molecule has 1 N–H and O–H groups in total. The van der Waals surface area contributed by atoms with Gasteiger partial charge in [0.2, 0.25) is 5.76 Å². The Balaban J connectivity index is 2.08. The van der Waals surface area contributed by atoms with E-state index in [9.17, 15) is 22.8 Å². The van der Waals surface area contributed by atoms with Crippen molar-refractivity contribution in [2.75, 3.05) is 13.1 Å². The molecule has 0 spiro atoms. The summed E-state index contributed by atoms with van der Waals surface area (Å²) in [7, 11) is 0. The van der Waals surface area contributed by atoms with Crippen LogP contribution in [0.15, 0.2) is 22.2 Å². The van der Waals surface area contributed by atoms with Crippen molar-refractivity contribution in [2.24, 2.45) is 0 Å². The van der Waals surface area contributed by atoms with Gasteiger partial charge in [-0.05, 0) is 6.42 Å². The van der Waals surface area contributed by atoms with Crippen molar-refractivity contribution in [3.05, 3.63) is 29.2 Å². The number of carbonyl (C=O) groups excluding carboxylic acids is 1. The fraction of sp³-hybridized carbons (Fsp3) is 0.364. The molecule has 0 radical (unpaired) electrons. The van der Waals surface area contributed by atoms with Gasteiger partial charge in [0.1, 0.15) is 0 Å². The van der Waals surface area contributed by atoms with Crippen molar-refractivity contribution in [3.8, 4) is 0 Å². The van der Waals surface area contributed by atoms with E-state index in [-0.39, 0.29) is 25.2 Å². The van der Waals surface area contributed by atoms with Crippen molar-refractivity contribution in [2.45, 2.75) is 12.6 Å². The molecule has 0 fully saturated rings. The van der Waals surface area contributed by atoms with Gasteiger partial charge in [0.15, 0.2) is 5.69 Å². The highest BCUT2D eigenvalue weighted by Crippen LogP contribution is 2.30. The lowest BCUT2D eigenvalue weighted by Crippen LogP contribution is -2.36. The molecule has 1 amide bonds. The van der Waals surface area contributed by atoms with Crippen LogP contribution in [0, 0.1) is 0 Å². The Morgan fingerprint density at radius 3 is 2.55 bits per heavy atom. The van der Waals surface area contributed by atoms with Crippen molar-refractivity contribution in [1.29, 1.82) is 0 Å². The minimum atomic E-state index is -4.39. The minimum absolute atomic E-state index is 0.112. The molecular weight excluding hydrogens is 281 g/mol. The Hall–Kier alpha value is -2.32. The lowest BCUT2D eigenvalue weighted by molar-refractivity contribution is -0.0957. The van der Waals surface area contributed by atoms with Gasteiger partial charge in [0, 0.05) is 24.7 Å². The third-order valence-corrected chi connectivity index (χ3v) is 2.80. The van der Waals surface area contributed by atoms with Crippen LogP contribution in [0.5, 0.6) is 0 Å². The molecule has 0 aliphatic carbocycles. The first-order valence-corrected chi connectivity index (χ1v) is 5.54. The van der Waals surface area contributed by atoms with Gasteiger partial charge in [-0.25, -0.2) is 4.79 Å². The van der Waals surface area contributed by atoms with Gasteiger partial charge in [-0.1, -0.05) is 11.2 Å². The maximum atomic E-state index is 12.4. The zero-order valence-corrected chi connectivity index (χ0v) is 9.98. The zero-order chi connectivity index (χ0) is 14.9. The summed E-state index contributed by atoms with van der Waals surface area (Å²) in [6.07, 6.45) is -3.77. The highest BCUT2D eigenvalue weighted by molar-refractivity contribution is 5.95. The van der Waals surface area contributed by atoms with Crippen LogP contribution in [0.1, 0.15) is 27.5 Å². The number of alkyl halides is 3. The molecule has 0 unspecified atom stereocenters. The second-order valence-electron chi connectivity index (χ2n) is 4.11. The summed E-state index contributed by atoms with van der Waals surface area (Å²) in [6.45, 7) is -0.317. The lowest BCUT2D eigenvalue weighted by atomic mass is 10.1. The van der Waals surface area contributed by atoms with Crippen LogP contribution in [-0.4, -0.2) is 46.3 Å². The summed E-state index contributed by atoms with van der Waals surface area (Å²) >= 11 is 0. The number of aromatic nitrogens is 1. The molecule has 2 heterocycles. The van der Waals surface area contributed by atoms with Crippen LogP contribution in [0.3, 0.4) is 0 Å². The molecule has 0 aromatic carbocycles. The number of hydrogen-bond acceptors (Lipinski definition) is 4. The van der Waals surface area contributed by atoms with E-state index in [1.165, 1.54) is 0 Å². The fourth-order valence-corrected chi connectivity index (χ4v) is 1.75. The normalized spacial score (nSPS) is 15.9. The molecular formula is C11H9F3N2O4. The quantitative estimate of drug-likeness (QED) is 0.838. The third kappa shape index (κ3) is 2.81. The van der Waals surface area contributed by atoms with Crippen molar-refractivity contribution < 1.29 is 32.4 Å². The van der Waals surface area contributed by atoms with E-state index in [4.69, 9.17) is 5.11 Å². The maximum Gasteiger partial charge on any atom is 0.412 e. The summed E-state index contributed by atoms with van der Waals surface area (Å²) < 4.78 is 41.7. The molecule has 1 aromatic rings. The molecule has 1 aromatic heterocycles. The van der Waals surface area contributed by atoms with Gasteiger partial charge in [0.25, 0.3) is 5.91 Å². The average Bonchev–Trinajstić information content (AvgIpc) is 2.86. The Bertz CT molecular complexity index is 576. The zero-order valence-electron chi connectivity index (χ0n) is 9.98. The van der Waals surface area contributed by atoms with E-state index < -0.39 is 29.4 Å². The Kier molecular flexibility index (Phi) is 3.51. The largest absolute Gasteiger partial charge is 0.475 e.